The molecule has 1 nitrogen and oxygen atoms in total. The average Bonchev–Trinajstić information content (AvgIpc) is 2.80. The van der Waals surface area contributed by atoms with E-state index in [1.807, 2.05) is 0 Å². The molecule has 2 atom stereocenters. The number of carbonyl (C=O) groups excluding carboxylic acids is 1. The van der Waals surface area contributed by atoms with Gasteiger partial charge in [0, 0.05) is 10.8 Å². The summed E-state index contributed by atoms with van der Waals surface area (Å²) in [5, 5.41) is 0. The maximum Gasteiger partial charge on any atom is 0.145 e. The minimum absolute atomic E-state index is 0.219. The molecule has 11 heavy (non-hydrogen) atoms. The van der Waals surface area contributed by atoms with Crippen LogP contribution in [-0.2, 0) is 4.79 Å². The fourth-order valence-electron chi connectivity index (χ4n) is 3.00. The van der Waals surface area contributed by atoms with Gasteiger partial charge in [-0.15, -0.1) is 0 Å². The van der Waals surface area contributed by atoms with E-state index in [1.54, 1.807) is 0 Å². The molecule has 0 aromatic heterocycles. The Kier molecular flexibility index (Phi) is 0.799. The molecule has 0 saturated heterocycles. The highest BCUT2D eigenvalue weighted by Crippen LogP contribution is 2.71. The second-order valence-electron chi connectivity index (χ2n) is 4.87. The van der Waals surface area contributed by atoms with Crippen molar-refractivity contribution in [3.8, 4) is 0 Å². The number of rotatable bonds is 0. The largest absolute Gasteiger partial charge is 0.298 e. The van der Waals surface area contributed by atoms with Crippen molar-refractivity contribution in [1.82, 2.24) is 0 Å². The maximum absolute atomic E-state index is 11.9. The van der Waals surface area contributed by atoms with Crippen molar-refractivity contribution in [3.63, 3.8) is 0 Å². The van der Waals surface area contributed by atoms with E-state index in [-0.39, 0.29) is 10.8 Å². The van der Waals surface area contributed by atoms with E-state index in [2.05, 4.69) is 6.92 Å². The van der Waals surface area contributed by atoms with Crippen molar-refractivity contribution < 1.29 is 4.79 Å². The zero-order chi connectivity index (χ0) is 7.69. The lowest BCUT2D eigenvalue weighted by molar-refractivity contribution is -0.126. The molecule has 0 bridgehead atoms. The minimum atomic E-state index is 0.219. The molecule has 0 aromatic rings. The van der Waals surface area contributed by atoms with E-state index >= 15 is 0 Å². The molecule has 0 aliphatic heterocycles. The zero-order valence-electron chi connectivity index (χ0n) is 7.02. The lowest BCUT2D eigenvalue weighted by Gasteiger charge is -2.05. The number of Topliss-reactive ketones (excluding diaryl/α,β-unsaturated/α-hetero) is 1. The Hall–Kier alpha value is -0.330. The van der Waals surface area contributed by atoms with Gasteiger partial charge in [0.15, 0.2) is 0 Å². The maximum atomic E-state index is 11.9. The Morgan fingerprint density at radius 2 is 1.82 bits per heavy atom. The van der Waals surface area contributed by atoms with Gasteiger partial charge in [0.05, 0.1) is 0 Å². The van der Waals surface area contributed by atoms with Gasteiger partial charge in [0.25, 0.3) is 0 Å². The summed E-state index contributed by atoms with van der Waals surface area (Å²) in [6.45, 7) is 2.24. The van der Waals surface area contributed by atoms with Gasteiger partial charge >= 0.3 is 0 Å². The van der Waals surface area contributed by atoms with Crippen LogP contribution >= 0.6 is 0 Å². The van der Waals surface area contributed by atoms with Crippen molar-refractivity contribution in [3.05, 3.63) is 0 Å². The number of hydrogen-bond donors (Lipinski definition) is 0. The normalized spacial score (nSPS) is 50.6. The molecule has 0 heterocycles. The van der Waals surface area contributed by atoms with Gasteiger partial charge in [-0.3, -0.25) is 4.79 Å². The molecule has 0 N–H and O–H groups in total. The second-order valence-corrected chi connectivity index (χ2v) is 4.87. The Morgan fingerprint density at radius 3 is 2.09 bits per heavy atom. The summed E-state index contributed by atoms with van der Waals surface area (Å²) in [6.07, 6.45) is 6.05. The Bertz CT molecular complexity index is 239. The molecular formula is C10H14O. The third kappa shape index (κ3) is 0.533. The average molecular weight is 150 g/mol. The molecule has 1 heteroatoms. The topological polar surface area (TPSA) is 17.1 Å². The highest BCUT2D eigenvalue weighted by molar-refractivity contribution is 5.97. The third-order valence-electron chi connectivity index (χ3n) is 4.29. The van der Waals surface area contributed by atoms with Gasteiger partial charge in [-0.05, 0) is 38.0 Å². The Morgan fingerprint density at radius 1 is 1.27 bits per heavy atom. The molecule has 2 unspecified atom stereocenters. The number of carbonyl (C=O) groups is 1. The zero-order valence-corrected chi connectivity index (χ0v) is 7.02. The standard InChI is InChI=1S/C10H14O/c1-7-6-10(7)5-4-9(2-3-9)8(10)11/h7H,2-6H2,1H3. The van der Waals surface area contributed by atoms with Gasteiger partial charge in [-0.2, -0.15) is 0 Å². The van der Waals surface area contributed by atoms with Crippen molar-refractivity contribution in [2.24, 2.45) is 16.7 Å². The third-order valence-corrected chi connectivity index (χ3v) is 4.29. The van der Waals surface area contributed by atoms with Crippen LogP contribution in [0.25, 0.3) is 0 Å². The quantitative estimate of drug-likeness (QED) is 0.517. The summed E-state index contributed by atoms with van der Waals surface area (Å²) in [4.78, 5) is 11.9. The highest BCUT2D eigenvalue weighted by atomic mass is 16.1. The van der Waals surface area contributed by atoms with Crippen molar-refractivity contribution in [2.45, 2.75) is 39.0 Å². The fourth-order valence-corrected chi connectivity index (χ4v) is 3.00. The summed E-state index contributed by atoms with van der Waals surface area (Å²) < 4.78 is 0. The monoisotopic (exact) mass is 150 g/mol. The first-order chi connectivity index (χ1) is 5.20. The molecular weight excluding hydrogens is 136 g/mol. The predicted molar refractivity (Wildman–Crippen MR) is 42.1 cm³/mol. The van der Waals surface area contributed by atoms with Crippen molar-refractivity contribution in [2.75, 3.05) is 0 Å². The first-order valence-corrected chi connectivity index (χ1v) is 4.75. The van der Waals surface area contributed by atoms with E-state index in [4.69, 9.17) is 0 Å². The summed E-state index contributed by atoms with van der Waals surface area (Å²) in [6, 6.07) is 0. The molecule has 3 fully saturated rings. The number of hydrogen-bond acceptors (Lipinski definition) is 1. The Balaban J connectivity index is 1.97. The first-order valence-electron chi connectivity index (χ1n) is 4.75. The molecule has 3 aliphatic rings. The van der Waals surface area contributed by atoms with Crippen LogP contribution in [0.2, 0.25) is 0 Å². The highest BCUT2D eigenvalue weighted by Gasteiger charge is 2.69. The van der Waals surface area contributed by atoms with E-state index in [0.717, 1.165) is 5.92 Å². The number of ketones is 1. The van der Waals surface area contributed by atoms with Crippen LogP contribution in [0.15, 0.2) is 0 Å². The van der Waals surface area contributed by atoms with Crippen LogP contribution in [0.5, 0.6) is 0 Å². The first kappa shape index (κ1) is 6.22. The fraction of sp³-hybridized carbons (Fsp3) is 0.900. The SMILES string of the molecule is CC1CC12CCC1(CC1)C2=O. The van der Waals surface area contributed by atoms with Gasteiger partial charge in [0.2, 0.25) is 0 Å². The summed E-state index contributed by atoms with van der Waals surface area (Å²) in [5.74, 6) is 1.37. The van der Waals surface area contributed by atoms with Gasteiger partial charge in [0.1, 0.15) is 5.78 Å². The Labute approximate surface area is 67.2 Å². The van der Waals surface area contributed by atoms with Gasteiger partial charge in [-0.25, -0.2) is 0 Å². The molecule has 60 valence electrons. The van der Waals surface area contributed by atoms with Crippen LogP contribution < -0.4 is 0 Å². The molecule has 0 aromatic carbocycles. The van der Waals surface area contributed by atoms with Crippen LogP contribution in [0, 0.1) is 16.7 Å². The lowest BCUT2D eigenvalue weighted by Crippen LogP contribution is -2.16. The lowest BCUT2D eigenvalue weighted by atomic mass is 9.97. The van der Waals surface area contributed by atoms with E-state index in [1.165, 1.54) is 32.1 Å². The van der Waals surface area contributed by atoms with Crippen LogP contribution in [0.4, 0.5) is 0 Å². The van der Waals surface area contributed by atoms with Crippen LogP contribution in [-0.4, -0.2) is 5.78 Å². The summed E-state index contributed by atoms with van der Waals surface area (Å²) in [5.41, 5.74) is 0.460. The van der Waals surface area contributed by atoms with Crippen LogP contribution in [0.1, 0.15) is 39.0 Å². The smallest absolute Gasteiger partial charge is 0.145 e. The molecule has 3 aliphatic carbocycles. The van der Waals surface area contributed by atoms with Gasteiger partial charge < -0.3 is 0 Å². The van der Waals surface area contributed by atoms with Crippen LogP contribution in [0.3, 0.4) is 0 Å². The molecule has 0 radical (unpaired) electrons. The van der Waals surface area contributed by atoms with E-state index in [9.17, 15) is 4.79 Å². The minimum Gasteiger partial charge on any atom is -0.298 e. The predicted octanol–water partition coefficient (Wildman–Crippen LogP) is 2.16. The molecule has 3 rings (SSSR count). The van der Waals surface area contributed by atoms with E-state index < -0.39 is 0 Å². The molecule has 0 amide bonds. The summed E-state index contributed by atoms with van der Waals surface area (Å²) >= 11 is 0. The van der Waals surface area contributed by atoms with E-state index in [0.29, 0.717) is 5.78 Å². The van der Waals surface area contributed by atoms with Crippen molar-refractivity contribution >= 4 is 5.78 Å². The molecule has 2 spiro atoms. The second kappa shape index (κ2) is 1.41. The van der Waals surface area contributed by atoms with Crippen molar-refractivity contribution in [1.29, 1.82) is 0 Å². The summed E-state index contributed by atoms with van der Waals surface area (Å²) in [7, 11) is 0. The van der Waals surface area contributed by atoms with Gasteiger partial charge in [-0.1, -0.05) is 6.92 Å². The molecule has 3 saturated carbocycles.